The fourth-order valence-electron chi connectivity index (χ4n) is 3.78. The molecule has 2 aromatic carbocycles. The summed E-state index contributed by atoms with van der Waals surface area (Å²) >= 11 is 0. The first-order valence-electron chi connectivity index (χ1n) is 10.7. The molecule has 6 nitrogen and oxygen atoms in total. The van der Waals surface area contributed by atoms with Gasteiger partial charge in [0.05, 0.1) is 0 Å². The van der Waals surface area contributed by atoms with E-state index in [0.29, 0.717) is 31.1 Å². The van der Waals surface area contributed by atoms with Gasteiger partial charge in [-0.3, -0.25) is 4.79 Å². The van der Waals surface area contributed by atoms with Gasteiger partial charge in [0.25, 0.3) is 0 Å². The molecule has 0 fully saturated rings. The van der Waals surface area contributed by atoms with Gasteiger partial charge in [-0.15, -0.1) is 0 Å². The largest absolute Gasteiger partial charge is 0.367 e. The van der Waals surface area contributed by atoms with Crippen LogP contribution in [0, 0.1) is 0 Å². The summed E-state index contributed by atoms with van der Waals surface area (Å²) in [4.78, 5) is 18.8. The predicted octanol–water partition coefficient (Wildman–Crippen LogP) is 3.83. The first-order chi connectivity index (χ1) is 14.7. The van der Waals surface area contributed by atoms with Gasteiger partial charge in [0.2, 0.25) is 11.8 Å². The van der Waals surface area contributed by atoms with Gasteiger partial charge in [0.15, 0.2) is 5.82 Å². The third kappa shape index (κ3) is 5.06. The maximum absolute atomic E-state index is 12.1. The molecule has 1 aromatic heterocycles. The van der Waals surface area contributed by atoms with Gasteiger partial charge in [0.1, 0.15) is 0 Å². The molecule has 0 bridgehead atoms. The summed E-state index contributed by atoms with van der Waals surface area (Å²) in [5.74, 6) is 1.23. The van der Waals surface area contributed by atoms with Crippen molar-refractivity contribution >= 4 is 11.6 Å². The molecule has 2 heterocycles. The minimum atomic E-state index is -0.0111. The number of nitrogens with one attached hydrogen (secondary N) is 1. The molecule has 0 unspecified atom stereocenters. The van der Waals surface area contributed by atoms with Crippen LogP contribution < -0.4 is 10.2 Å². The number of fused-ring (bicyclic) bond motifs is 1. The van der Waals surface area contributed by atoms with Gasteiger partial charge in [-0.05, 0) is 35.6 Å². The summed E-state index contributed by atoms with van der Waals surface area (Å²) in [5.41, 5.74) is 5.15. The zero-order chi connectivity index (χ0) is 20.8. The van der Waals surface area contributed by atoms with Crippen LogP contribution in [0.5, 0.6) is 0 Å². The summed E-state index contributed by atoms with van der Waals surface area (Å²) < 4.78 is 5.17. The zero-order valence-electron chi connectivity index (χ0n) is 17.4. The lowest BCUT2D eigenvalue weighted by Crippen LogP contribution is -2.23. The van der Waals surface area contributed by atoms with Crippen LogP contribution in [0.3, 0.4) is 0 Å². The van der Waals surface area contributed by atoms with E-state index in [9.17, 15) is 4.79 Å². The number of rotatable bonds is 9. The molecule has 1 amide bonds. The number of aromatic nitrogens is 2. The number of amides is 1. The minimum absolute atomic E-state index is 0.0111. The number of anilines is 1. The fourth-order valence-corrected chi connectivity index (χ4v) is 3.78. The Bertz CT molecular complexity index is 981. The van der Waals surface area contributed by atoms with Crippen molar-refractivity contribution in [3.63, 3.8) is 0 Å². The predicted molar refractivity (Wildman–Crippen MR) is 116 cm³/mol. The molecule has 4 rings (SSSR count). The van der Waals surface area contributed by atoms with Crippen molar-refractivity contribution in [3.8, 4) is 0 Å². The van der Waals surface area contributed by atoms with Crippen LogP contribution in [0.2, 0.25) is 0 Å². The van der Waals surface area contributed by atoms with Crippen LogP contribution in [-0.4, -0.2) is 22.6 Å². The number of carbonyl (C=O) groups is 1. The van der Waals surface area contributed by atoms with Crippen LogP contribution in [0.4, 0.5) is 5.69 Å². The molecule has 1 N–H and O–H groups in total. The Kier molecular flexibility index (Phi) is 6.42. The molecular weight excluding hydrogens is 376 g/mol. The summed E-state index contributed by atoms with van der Waals surface area (Å²) in [5, 5.41) is 6.88. The lowest BCUT2D eigenvalue weighted by molar-refractivity contribution is -0.121. The Hall–Kier alpha value is -3.15. The Labute approximate surface area is 177 Å². The molecule has 0 atom stereocenters. The highest BCUT2D eigenvalue weighted by Gasteiger charge is 2.18. The Morgan fingerprint density at radius 3 is 2.73 bits per heavy atom. The first-order valence-corrected chi connectivity index (χ1v) is 10.7. The van der Waals surface area contributed by atoms with E-state index in [2.05, 4.69) is 75.8 Å². The van der Waals surface area contributed by atoms with E-state index in [4.69, 9.17) is 4.52 Å². The van der Waals surface area contributed by atoms with Gasteiger partial charge in [-0.2, -0.15) is 4.98 Å². The SMILES string of the molecule is CCCc1noc(CCC(=O)NCc2ccc(CN3CCc4ccccc43)cc2)n1. The molecule has 0 radical (unpaired) electrons. The van der Waals surface area contributed by atoms with E-state index < -0.39 is 0 Å². The van der Waals surface area contributed by atoms with Crippen molar-refractivity contribution in [2.24, 2.45) is 0 Å². The number of nitrogens with zero attached hydrogens (tertiary/aromatic N) is 3. The number of hydrogen-bond donors (Lipinski definition) is 1. The number of para-hydroxylation sites is 1. The molecule has 30 heavy (non-hydrogen) atoms. The highest BCUT2D eigenvalue weighted by atomic mass is 16.5. The second-order valence-electron chi connectivity index (χ2n) is 7.75. The topological polar surface area (TPSA) is 71.3 Å². The van der Waals surface area contributed by atoms with Crippen LogP contribution >= 0.6 is 0 Å². The molecule has 3 aromatic rings. The lowest BCUT2D eigenvalue weighted by Gasteiger charge is -2.19. The van der Waals surface area contributed by atoms with Crippen molar-refractivity contribution in [3.05, 3.63) is 76.9 Å². The molecule has 1 aliphatic heterocycles. The first kappa shape index (κ1) is 20.1. The normalized spacial score (nSPS) is 12.8. The molecule has 0 saturated carbocycles. The number of carbonyl (C=O) groups excluding carboxylic acids is 1. The van der Waals surface area contributed by atoms with Gasteiger partial charge >= 0.3 is 0 Å². The standard InChI is InChI=1S/C24H28N4O2/c1-2-5-22-26-24(30-27-22)13-12-23(29)25-16-18-8-10-19(11-9-18)17-28-15-14-20-6-3-4-7-21(20)28/h3-4,6-11H,2,5,12-17H2,1H3,(H,25,29). The zero-order valence-corrected chi connectivity index (χ0v) is 17.4. The van der Waals surface area contributed by atoms with E-state index in [-0.39, 0.29) is 5.91 Å². The van der Waals surface area contributed by atoms with E-state index in [1.54, 1.807) is 0 Å². The summed E-state index contributed by atoms with van der Waals surface area (Å²) in [6.07, 6.45) is 3.71. The molecule has 0 saturated heterocycles. The summed E-state index contributed by atoms with van der Waals surface area (Å²) in [6, 6.07) is 17.1. The van der Waals surface area contributed by atoms with Gasteiger partial charge in [0, 0.05) is 44.6 Å². The number of hydrogen-bond acceptors (Lipinski definition) is 5. The van der Waals surface area contributed by atoms with Gasteiger partial charge in [-0.25, -0.2) is 0 Å². The van der Waals surface area contributed by atoms with Crippen molar-refractivity contribution in [1.29, 1.82) is 0 Å². The van der Waals surface area contributed by atoms with Gasteiger partial charge < -0.3 is 14.7 Å². The second kappa shape index (κ2) is 9.57. The molecule has 0 aliphatic carbocycles. The Balaban J connectivity index is 1.22. The maximum atomic E-state index is 12.1. The highest BCUT2D eigenvalue weighted by molar-refractivity contribution is 5.76. The van der Waals surface area contributed by atoms with E-state index in [0.717, 1.165) is 37.9 Å². The Morgan fingerprint density at radius 1 is 1.10 bits per heavy atom. The van der Waals surface area contributed by atoms with Crippen molar-refractivity contribution < 1.29 is 9.32 Å². The molecule has 6 heteroatoms. The van der Waals surface area contributed by atoms with Crippen molar-refractivity contribution in [2.75, 3.05) is 11.4 Å². The number of benzene rings is 2. The van der Waals surface area contributed by atoms with E-state index in [1.165, 1.54) is 16.8 Å². The molecule has 1 aliphatic rings. The average molecular weight is 405 g/mol. The molecule has 0 spiro atoms. The van der Waals surface area contributed by atoms with E-state index in [1.807, 2.05) is 0 Å². The smallest absolute Gasteiger partial charge is 0.227 e. The van der Waals surface area contributed by atoms with Crippen LogP contribution in [-0.2, 0) is 37.1 Å². The lowest BCUT2D eigenvalue weighted by atomic mass is 10.1. The maximum Gasteiger partial charge on any atom is 0.227 e. The van der Waals surface area contributed by atoms with E-state index >= 15 is 0 Å². The summed E-state index contributed by atoms with van der Waals surface area (Å²) in [7, 11) is 0. The van der Waals surface area contributed by atoms with Crippen LogP contribution in [0.25, 0.3) is 0 Å². The van der Waals surface area contributed by atoms with Gasteiger partial charge in [-0.1, -0.05) is 54.5 Å². The minimum Gasteiger partial charge on any atom is -0.367 e. The van der Waals surface area contributed by atoms with Crippen molar-refractivity contribution in [1.82, 2.24) is 15.5 Å². The monoisotopic (exact) mass is 404 g/mol. The molecular formula is C24H28N4O2. The average Bonchev–Trinajstić information content (AvgIpc) is 3.39. The number of aryl methyl sites for hydroxylation is 2. The highest BCUT2D eigenvalue weighted by Crippen LogP contribution is 2.28. The summed E-state index contributed by atoms with van der Waals surface area (Å²) in [6.45, 7) is 4.57. The Morgan fingerprint density at radius 2 is 1.90 bits per heavy atom. The third-order valence-corrected chi connectivity index (χ3v) is 5.42. The second-order valence-corrected chi connectivity index (χ2v) is 7.75. The molecule has 156 valence electrons. The fraction of sp³-hybridized carbons (Fsp3) is 0.375. The van der Waals surface area contributed by atoms with Crippen molar-refractivity contribution in [2.45, 2.75) is 52.1 Å². The quantitative estimate of drug-likeness (QED) is 0.587. The van der Waals surface area contributed by atoms with Crippen LogP contribution in [0.15, 0.2) is 53.1 Å². The van der Waals surface area contributed by atoms with Crippen LogP contribution in [0.1, 0.15) is 48.2 Å². The third-order valence-electron chi connectivity index (χ3n) is 5.42.